The monoisotopic (exact) mass is 654 g/mol. The van der Waals surface area contributed by atoms with Gasteiger partial charge in [-0.1, -0.05) is 72.8 Å². The molecule has 2 aliphatic heterocycles. The molecule has 3 aromatic rings. The van der Waals surface area contributed by atoms with Crippen LogP contribution in [0.4, 0.5) is 10.5 Å². The smallest absolute Gasteiger partial charge is 0.411 e. The molecule has 4 N–H and O–H groups in total. The van der Waals surface area contributed by atoms with Crippen LogP contribution in [0.1, 0.15) is 44.2 Å². The van der Waals surface area contributed by atoms with Gasteiger partial charge in [-0.2, -0.15) is 0 Å². The first-order valence-electron chi connectivity index (χ1n) is 17.1. The molecule has 10 heteroatoms. The summed E-state index contributed by atoms with van der Waals surface area (Å²) in [7, 11) is 0. The van der Waals surface area contributed by atoms with E-state index in [0.29, 0.717) is 25.9 Å². The van der Waals surface area contributed by atoms with Crippen LogP contribution in [0.3, 0.4) is 0 Å². The van der Waals surface area contributed by atoms with Gasteiger partial charge in [0.1, 0.15) is 6.10 Å². The van der Waals surface area contributed by atoms with Crippen molar-refractivity contribution in [3.05, 3.63) is 90.0 Å². The zero-order valence-electron chi connectivity index (χ0n) is 28.3. The third kappa shape index (κ3) is 9.88. The average Bonchev–Trinajstić information content (AvgIpc) is 3.09. The highest BCUT2D eigenvalue weighted by molar-refractivity contribution is 5.91. The van der Waals surface area contributed by atoms with Gasteiger partial charge in [0.2, 0.25) is 11.8 Å². The Morgan fingerprint density at radius 1 is 0.833 bits per heavy atom. The number of aryl methyl sites for hydroxylation is 1. The van der Waals surface area contributed by atoms with Gasteiger partial charge in [-0.05, 0) is 55.9 Å². The highest BCUT2D eigenvalue weighted by atomic mass is 16.6. The van der Waals surface area contributed by atoms with Crippen LogP contribution in [-0.4, -0.2) is 97.6 Å². The SMILES string of the molecule is CC(C)(c1ccc(CCC(=O)NCCN2CCC(OC(=O)Nc3ccccc3-c3ccccc3)CC2)cc1)N1CCN(CC(N)=O)CC1. The van der Waals surface area contributed by atoms with Gasteiger partial charge in [0, 0.05) is 69.9 Å². The number of anilines is 1. The summed E-state index contributed by atoms with van der Waals surface area (Å²) in [5.41, 5.74) is 10.3. The van der Waals surface area contributed by atoms with Gasteiger partial charge in [-0.25, -0.2) is 4.79 Å². The van der Waals surface area contributed by atoms with Crippen molar-refractivity contribution in [2.75, 3.05) is 64.2 Å². The normalized spacial score (nSPS) is 16.7. The second-order valence-electron chi connectivity index (χ2n) is 13.3. The molecule has 0 aromatic heterocycles. The Labute approximate surface area is 284 Å². The van der Waals surface area contributed by atoms with E-state index in [1.807, 2.05) is 54.6 Å². The first-order valence-corrected chi connectivity index (χ1v) is 17.1. The van der Waals surface area contributed by atoms with Gasteiger partial charge in [0.15, 0.2) is 0 Å². The highest BCUT2D eigenvalue weighted by Gasteiger charge is 2.31. The van der Waals surface area contributed by atoms with Crippen molar-refractivity contribution in [1.29, 1.82) is 0 Å². The molecule has 2 heterocycles. The van der Waals surface area contributed by atoms with Crippen molar-refractivity contribution < 1.29 is 19.1 Å². The van der Waals surface area contributed by atoms with Crippen LogP contribution in [0.15, 0.2) is 78.9 Å². The summed E-state index contributed by atoms with van der Waals surface area (Å²) in [5, 5.41) is 6.00. The summed E-state index contributed by atoms with van der Waals surface area (Å²) >= 11 is 0. The quantitative estimate of drug-likeness (QED) is 0.249. The number of piperazine rings is 1. The fourth-order valence-electron chi connectivity index (χ4n) is 6.65. The van der Waals surface area contributed by atoms with Crippen molar-refractivity contribution in [3.8, 4) is 11.1 Å². The summed E-state index contributed by atoms with van der Waals surface area (Å²) in [4.78, 5) is 43.4. The molecular weight excluding hydrogens is 604 g/mol. The molecule has 3 aromatic carbocycles. The lowest BCUT2D eigenvalue weighted by atomic mass is 9.90. The molecule has 3 amide bonds. The summed E-state index contributed by atoms with van der Waals surface area (Å²) in [6.07, 6.45) is 2.11. The molecule has 2 aliphatic rings. The molecule has 5 rings (SSSR count). The van der Waals surface area contributed by atoms with Gasteiger partial charge >= 0.3 is 6.09 Å². The number of piperidine rings is 1. The Bertz CT molecular complexity index is 1500. The standard InChI is InChI=1S/C38H50N6O4/c1-38(2,44-26-24-43(25-27-44)28-35(39)45)31-15-12-29(13-16-31)14-17-36(46)40-20-23-42-21-18-32(19-22-42)48-37(47)41-34-11-7-6-10-33(34)30-8-4-3-5-9-30/h3-13,15-16,32H,14,17-28H2,1-2H3,(H2,39,45)(H,40,46)(H,41,47). The fraction of sp³-hybridized carbons (Fsp3) is 0.447. The highest BCUT2D eigenvalue weighted by Crippen LogP contribution is 2.30. The number of hydrogen-bond donors (Lipinski definition) is 3. The minimum atomic E-state index is -0.431. The largest absolute Gasteiger partial charge is 0.446 e. The van der Waals surface area contributed by atoms with Gasteiger partial charge in [-0.15, -0.1) is 0 Å². The van der Waals surface area contributed by atoms with Crippen molar-refractivity contribution in [1.82, 2.24) is 20.0 Å². The van der Waals surface area contributed by atoms with Crippen LogP contribution < -0.4 is 16.4 Å². The summed E-state index contributed by atoms with van der Waals surface area (Å²) in [6, 6.07) is 26.3. The Kier molecular flexibility index (Phi) is 12.2. The zero-order chi connectivity index (χ0) is 33.9. The van der Waals surface area contributed by atoms with Crippen LogP contribution >= 0.6 is 0 Å². The molecule has 10 nitrogen and oxygen atoms in total. The lowest BCUT2D eigenvalue weighted by molar-refractivity contribution is -0.121. The maximum absolute atomic E-state index is 12.7. The predicted molar refractivity (Wildman–Crippen MR) is 189 cm³/mol. The third-order valence-corrected chi connectivity index (χ3v) is 9.65. The van der Waals surface area contributed by atoms with Crippen LogP contribution in [0.5, 0.6) is 0 Å². The molecule has 48 heavy (non-hydrogen) atoms. The number of nitrogens with one attached hydrogen (secondary N) is 2. The average molecular weight is 655 g/mol. The second-order valence-corrected chi connectivity index (χ2v) is 13.3. The first kappa shape index (κ1) is 35.1. The Morgan fingerprint density at radius 3 is 2.19 bits per heavy atom. The van der Waals surface area contributed by atoms with Crippen molar-refractivity contribution in [2.24, 2.45) is 5.73 Å². The van der Waals surface area contributed by atoms with E-state index in [4.69, 9.17) is 10.5 Å². The molecule has 0 atom stereocenters. The molecule has 0 unspecified atom stereocenters. The summed E-state index contributed by atoms with van der Waals surface area (Å²) in [6.45, 7) is 11.2. The van der Waals surface area contributed by atoms with Crippen molar-refractivity contribution in [2.45, 2.75) is 51.2 Å². The second kappa shape index (κ2) is 16.7. The van der Waals surface area contributed by atoms with E-state index in [1.54, 1.807) is 0 Å². The lowest BCUT2D eigenvalue weighted by Gasteiger charge is -2.44. The number of nitrogens with two attached hydrogens (primary N) is 1. The molecule has 0 bridgehead atoms. The number of para-hydroxylation sites is 1. The number of ether oxygens (including phenoxy) is 1. The summed E-state index contributed by atoms with van der Waals surface area (Å²) in [5.74, 6) is -0.224. The third-order valence-electron chi connectivity index (χ3n) is 9.65. The minimum Gasteiger partial charge on any atom is -0.446 e. The molecule has 0 spiro atoms. The van der Waals surface area contributed by atoms with E-state index in [1.165, 1.54) is 5.56 Å². The molecule has 2 fully saturated rings. The van der Waals surface area contributed by atoms with Crippen molar-refractivity contribution >= 4 is 23.6 Å². The topological polar surface area (TPSA) is 120 Å². The number of carbonyl (C=O) groups excluding carboxylic acids is 3. The number of nitrogens with zero attached hydrogens (tertiary/aromatic N) is 3. The maximum Gasteiger partial charge on any atom is 0.411 e. The molecular formula is C38H50N6O4. The van der Waals surface area contributed by atoms with Gasteiger partial charge < -0.3 is 20.7 Å². The minimum absolute atomic E-state index is 0.0545. The van der Waals surface area contributed by atoms with Gasteiger partial charge in [0.25, 0.3) is 0 Å². The molecule has 2 saturated heterocycles. The Hall–Kier alpha value is -4.25. The van der Waals surface area contributed by atoms with Crippen LogP contribution in [0, 0.1) is 0 Å². The maximum atomic E-state index is 12.7. The van der Waals surface area contributed by atoms with E-state index in [9.17, 15) is 14.4 Å². The number of primary amides is 1. The van der Waals surface area contributed by atoms with Gasteiger partial charge in [0.05, 0.1) is 12.2 Å². The molecule has 0 radical (unpaired) electrons. The predicted octanol–water partition coefficient (Wildman–Crippen LogP) is 4.45. The van der Waals surface area contributed by atoms with E-state index >= 15 is 0 Å². The number of amides is 3. The fourth-order valence-corrected chi connectivity index (χ4v) is 6.65. The Morgan fingerprint density at radius 2 is 1.50 bits per heavy atom. The number of likely N-dealkylation sites (tertiary alicyclic amines) is 1. The van der Waals surface area contributed by atoms with Crippen LogP contribution in [0.2, 0.25) is 0 Å². The number of carbonyl (C=O) groups is 3. The van der Waals surface area contributed by atoms with Crippen LogP contribution in [-0.2, 0) is 26.3 Å². The Balaban J connectivity index is 0.964. The lowest BCUT2D eigenvalue weighted by Crippen LogP contribution is -2.54. The zero-order valence-corrected chi connectivity index (χ0v) is 28.3. The molecule has 256 valence electrons. The number of hydrogen-bond acceptors (Lipinski definition) is 7. The number of benzene rings is 3. The van der Waals surface area contributed by atoms with Crippen molar-refractivity contribution in [3.63, 3.8) is 0 Å². The molecule has 0 aliphatic carbocycles. The van der Waals surface area contributed by atoms with E-state index in [2.05, 4.69) is 63.4 Å². The number of rotatable bonds is 13. The van der Waals surface area contributed by atoms with Crippen LogP contribution in [0.25, 0.3) is 11.1 Å². The van der Waals surface area contributed by atoms with E-state index in [-0.39, 0.29) is 23.5 Å². The van der Waals surface area contributed by atoms with E-state index < -0.39 is 6.09 Å². The van der Waals surface area contributed by atoms with Gasteiger partial charge in [-0.3, -0.25) is 24.7 Å². The summed E-state index contributed by atoms with van der Waals surface area (Å²) < 4.78 is 5.76. The molecule has 0 saturated carbocycles. The van der Waals surface area contributed by atoms with E-state index in [0.717, 1.165) is 81.0 Å². The first-order chi connectivity index (χ1) is 23.2.